The van der Waals surface area contributed by atoms with Gasteiger partial charge in [-0.15, -0.1) is 0 Å². The molecule has 0 heterocycles. The predicted octanol–water partition coefficient (Wildman–Crippen LogP) is 15.8. The maximum Gasteiger partial charge on any atom is 0.0629 e. The van der Waals surface area contributed by atoms with E-state index in [4.69, 9.17) is 6.85 Å². The van der Waals surface area contributed by atoms with Crippen LogP contribution in [0, 0.1) is 0 Å². The first-order chi connectivity index (χ1) is 29.8. The van der Waals surface area contributed by atoms with E-state index in [9.17, 15) is 0 Å². The van der Waals surface area contributed by atoms with Crippen LogP contribution in [0.15, 0.2) is 206 Å². The monoisotopic (exact) mass is 711 g/mol. The van der Waals surface area contributed by atoms with Crippen LogP contribution in [0.2, 0.25) is 0 Å². The van der Waals surface area contributed by atoms with Crippen LogP contribution in [-0.2, 0) is 0 Å². The van der Waals surface area contributed by atoms with Gasteiger partial charge >= 0.3 is 0 Å². The minimum Gasteiger partial charge on any atom is -0.0622 e. The summed E-state index contributed by atoms with van der Waals surface area (Å²) >= 11 is 0. The highest BCUT2D eigenvalue weighted by atomic mass is 14.2. The van der Waals surface area contributed by atoms with Gasteiger partial charge in [0.2, 0.25) is 0 Å². The lowest BCUT2D eigenvalue weighted by Gasteiger charge is -2.17. The van der Waals surface area contributed by atoms with Crippen molar-refractivity contribution in [1.29, 1.82) is 0 Å². The number of hydrogen-bond acceptors (Lipinski definition) is 0. The maximum atomic E-state index is 8.72. The van der Waals surface area contributed by atoms with Gasteiger partial charge in [0.25, 0.3) is 0 Å². The summed E-state index contributed by atoms with van der Waals surface area (Å²) in [5, 5.41) is 14.0. The molecule has 0 N–H and O–H groups in total. The van der Waals surface area contributed by atoms with Crippen LogP contribution in [0.1, 0.15) is 6.85 Å². The van der Waals surface area contributed by atoms with Crippen LogP contribution >= 0.6 is 0 Å². The van der Waals surface area contributed by atoms with Gasteiger partial charge in [0.1, 0.15) is 0 Å². The first-order valence-corrected chi connectivity index (χ1v) is 19.1. The molecule has 0 aromatic heterocycles. The first-order valence-electron chi connectivity index (χ1n) is 21.6. The number of benzene rings is 12. The van der Waals surface area contributed by atoms with Gasteiger partial charge < -0.3 is 0 Å². The van der Waals surface area contributed by atoms with Crippen molar-refractivity contribution in [1.82, 2.24) is 0 Å². The average molecular weight is 712 g/mol. The molecule has 0 nitrogen and oxygen atoms in total. The molecule has 12 aromatic carbocycles. The lowest BCUT2D eigenvalue weighted by molar-refractivity contribution is 1.58. The minimum absolute atomic E-state index is 0.194. The largest absolute Gasteiger partial charge is 0.0629 e. The van der Waals surface area contributed by atoms with Crippen molar-refractivity contribution in [2.45, 2.75) is 0 Å². The quantitative estimate of drug-likeness (QED) is 0.156. The normalized spacial score (nSPS) is 13.2. The highest BCUT2D eigenvalue weighted by Gasteiger charge is 2.17. The Bertz CT molecular complexity index is 3710. The third-order valence-corrected chi connectivity index (χ3v) is 11.8. The summed E-state index contributed by atoms with van der Waals surface area (Å²) in [6, 6.07) is 61.7. The molecular formula is C56H34. The van der Waals surface area contributed by atoms with Gasteiger partial charge in [0.15, 0.2) is 0 Å². The third-order valence-electron chi connectivity index (χ3n) is 11.8. The minimum atomic E-state index is -0.388. The van der Waals surface area contributed by atoms with Gasteiger partial charge in [-0.1, -0.05) is 188 Å². The van der Waals surface area contributed by atoms with Gasteiger partial charge in [-0.2, -0.15) is 0 Å². The third kappa shape index (κ3) is 4.73. The van der Waals surface area contributed by atoms with E-state index in [0.717, 1.165) is 60.1 Å². The van der Waals surface area contributed by atoms with Crippen LogP contribution in [0.4, 0.5) is 0 Å². The number of rotatable bonds is 5. The summed E-state index contributed by atoms with van der Waals surface area (Å²) < 4.78 is 42.3. The molecule has 12 aromatic rings. The molecule has 0 atom stereocenters. The molecular weight excluding hydrogens is 673 g/mol. The molecule has 56 heavy (non-hydrogen) atoms. The van der Waals surface area contributed by atoms with Crippen LogP contribution < -0.4 is 0 Å². The summed E-state index contributed by atoms with van der Waals surface area (Å²) in [5.74, 6) is 0. The molecule has 0 heteroatoms. The second-order valence-electron chi connectivity index (χ2n) is 14.9. The molecule has 0 radical (unpaired) electrons. The summed E-state index contributed by atoms with van der Waals surface area (Å²) in [4.78, 5) is 0. The van der Waals surface area contributed by atoms with E-state index in [-0.39, 0.29) is 35.8 Å². The highest BCUT2D eigenvalue weighted by molar-refractivity contribution is 6.28. The van der Waals surface area contributed by atoms with Gasteiger partial charge in [-0.3, -0.25) is 0 Å². The Morgan fingerprint density at radius 2 is 0.679 bits per heavy atom. The van der Waals surface area contributed by atoms with E-state index in [2.05, 4.69) is 158 Å². The van der Waals surface area contributed by atoms with Gasteiger partial charge in [0, 0.05) is 0 Å². The Kier molecular flexibility index (Phi) is 5.73. The van der Waals surface area contributed by atoms with Crippen LogP contribution in [-0.4, -0.2) is 0 Å². The molecule has 258 valence electrons. The highest BCUT2D eigenvalue weighted by Crippen LogP contribution is 2.44. The van der Waals surface area contributed by atoms with Crippen molar-refractivity contribution < 1.29 is 6.85 Å². The molecule has 0 aliphatic rings. The maximum absolute atomic E-state index is 8.72. The standard InChI is InChI=1S/C56H34/c1-2-8-37(9-3-1)47-29-27-46-34-52(49-17-7-12-40-26-31-50(47)56(46)55(40)49)45-16-6-14-43(33-45)36-20-18-35(19-21-36)42-13-5-15-44(32-42)48-28-24-41-23-22-38-10-4-11-39-25-30-51(48)54(41)53(38)39/h1-34H/i1D,2D,3D,8D,9D. The zero-order valence-corrected chi connectivity index (χ0v) is 30.2. The second kappa shape index (κ2) is 12.1. The fourth-order valence-corrected chi connectivity index (χ4v) is 9.24. The molecule has 0 spiro atoms. The molecule has 0 aliphatic carbocycles. The lowest BCUT2D eigenvalue weighted by atomic mass is 9.86. The van der Waals surface area contributed by atoms with Crippen molar-refractivity contribution in [3.8, 4) is 55.6 Å². The summed E-state index contributed by atoms with van der Waals surface area (Å²) in [6.45, 7) is 0. The molecule has 0 amide bonds. The van der Waals surface area contributed by atoms with E-state index < -0.39 is 0 Å². The van der Waals surface area contributed by atoms with Crippen molar-refractivity contribution >= 4 is 64.6 Å². The predicted molar refractivity (Wildman–Crippen MR) is 241 cm³/mol. The zero-order valence-electron chi connectivity index (χ0n) is 35.2. The van der Waals surface area contributed by atoms with Crippen LogP contribution in [0.5, 0.6) is 0 Å². The van der Waals surface area contributed by atoms with E-state index in [1.54, 1.807) is 0 Å². The van der Waals surface area contributed by atoms with Gasteiger partial charge in [0.05, 0.1) is 6.85 Å². The van der Waals surface area contributed by atoms with E-state index in [0.29, 0.717) is 5.56 Å². The molecule has 0 fully saturated rings. The fourth-order valence-electron chi connectivity index (χ4n) is 9.24. The molecule has 0 unspecified atom stereocenters. The van der Waals surface area contributed by atoms with Gasteiger partial charge in [-0.25, -0.2) is 0 Å². The Morgan fingerprint density at radius 1 is 0.250 bits per heavy atom. The fraction of sp³-hybridized carbons (Fsp3) is 0. The Labute approximate surface area is 332 Å². The topological polar surface area (TPSA) is 0 Å². The molecule has 0 aliphatic heterocycles. The first kappa shape index (κ1) is 26.5. The molecule has 0 saturated carbocycles. The van der Waals surface area contributed by atoms with Crippen molar-refractivity contribution in [2.24, 2.45) is 0 Å². The molecule has 0 bridgehead atoms. The lowest BCUT2D eigenvalue weighted by Crippen LogP contribution is -1.90. The summed E-state index contributed by atoms with van der Waals surface area (Å²) in [6.07, 6.45) is 0. The van der Waals surface area contributed by atoms with E-state index in [1.165, 1.54) is 49.0 Å². The Balaban J connectivity index is 0.916. The van der Waals surface area contributed by atoms with E-state index in [1.807, 2.05) is 18.2 Å². The number of hydrogen-bond donors (Lipinski definition) is 0. The van der Waals surface area contributed by atoms with Crippen molar-refractivity contribution in [3.63, 3.8) is 0 Å². The zero-order chi connectivity index (χ0) is 41.1. The SMILES string of the molecule is [2H]c1c([2H])c([2H])c(-c2ccc3cc(-c4cccc(-c5ccc(-c6cccc(-c7ccc8ccc9cccc%10ccc7c8c9%10)c6)cc5)c4)c4cccc5ccc2c3c54)c([2H])c1[2H]. The second-order valence-corrected chi connectivity index (χ2v) is 14.9. The molecule has 0 saturated heterocycles. The average Bonchev–Trinajstić information content (AvgIpc) is 3.31. The van der Waals surface area contributed by atoms with Crippen molar-refractivity contribution in [2.75, 3.05) is 0 Å². The van der Waals surface area contributed by atoms with Crippen molar-refractivity contribution in [3.05, 3.63) is 206 Å². The summed E-state index contributed by atoms with van der Waals surface area (Å²) in [5.41, 5.74) is 10.1. The Morgan fingerprint density at radius 3 is 1.34 bits per heavy atom. The van der Waals surface area contributed by atoms with Crippen LogP contribution in [0.3, 0.4) is 0 Å². The smallest absolute Gasteiger partial charge is 0.0622 e. The molecule has 12 rings (SSSR count). The van der Waals surface area contributed by atoms with Crippen LogP contribution in [0.25, 0.3) is 120 Å². The Hall–Kier alpha value is -7.28. The van der Waals surface area contributed by atoms with E-state index >= 15 is 0 Å². The summed E-state index contributed by atoms with van der Waals surface area (Å²) in [7, 11) is 0. The van der Waals surface area contributed by atoms with Gasteiger partial charge in [-0.05, 0) is 138 Å².